The third kappa shape index (κ3) is 4.89. The molecule has 0 saturated carbocycles. The average molecular weight is 369 g/mol. The summed E-state index contributed by atoms with van der Waals surface area (Å²) in [6, 6.07) is 14.4. The molecular formula is C20H20FN3OS. The Hall–Kier alpha value is -2.73. The Morgan fingerprint density at radius 3 is 2.88 bits per heavy atom. The molecule has 3 rings (SSSR count). The molecule has 6 heteroatoms. The molecule has 0 atom stereocenters. The van der Waals surface area contributed by atoms with Gasteiger partial charge in [0.25, 0.3) is 0 Å². The van der Waals surface area contributed by atoms with Gasteiger partial charge >= 0.3 is 0 Å². The average Bonchev–Trinajstić information content (AvgIpc) is 3.13. The molecule has 0 spiro atoms. The molecule has 0 radical (unpaired) electrons. The molecule has 1 N–H and O–H groups in total. The van der Waals surface area contributed by atoms with E-state index in [4.69, 9.17) is 4.74 Å². The number of thiazole rings is 1. The monoisotopic (exact) mass is 369 g/mol. The fourth-order valence-electron chi connectivity index (χ4n) is 2.30. The first-order valence-corrected chi connectivity index (χ1v) is 9.36. The standard InChI is InChI=1S/C20H20FN3OS/c1-2-3-11-25-19-10-9-17(21)12-16(19)13-22-24-20-23-18(14-26-20)15-7-5-4-6-8-15/h4-10,12-14H,2-3,11H2,1H3,(H,23,24). The van der Waals surface area contributed by atoms with Gasteiger partial charge in [-0.05, 0) is 24.6 Å². The Balaban J connectivity index is 1.67. The van der Waals surface area contributed by atoms with Crippen molar-refractivity contribution in [3.05, 3.63) is 65.3 Å². The molecule has 1 aromatic heterocycles. The maximum atomic E-state index is 13.5. The highest BCUT2D eigenvalue weighted by molar-refractivity contribution is 7.14. The maximum absolute atomic E-state index is 13.5. The number of unbranched alkanes of at least 4 members (excludes halogenated alkanes) is 1. The number of hydrogen-bond donors (Lipinski definition) is 1. The second kappa shape index (κ2) is 9.10. The van der Waals surface area contributed by atoms with Gasteiger partial charge in [-0.3, -0.25) is 5.43 Å². The number of nitrogens with zero attached hydrogens (tertiary/aromatic N) is 2. The lowest BCUT2D eigenvalue weighted by atomic mass is 10.2. The van der Waals surface area contributed by atoms with Crippen LogP contribution >= 0.6 is 11.3 Å². The van der Waals surface area contributed by atoms with E-state index in [0.717, 1.165) is 24.1 Å². The Labute approximate surface area is 156 Å². The molecule has 0 aliphatic heterocycles. The molecule has 3 aromatic rings. The molecule has 0 saturated heterocycles. The number of hydrogen-bond acceptors (Lipinski definition) is 5. The van der Waals surface area contributed by atoms with Gasteiger partial charge < -0.3 is 4.74 Å². The number of rotatable bonds is 8. The molecule has 0 bridgehead atoms. The van der Waals surface area contributed by atoms with E-state index in [9.17, 15) is 4.39 Å². The molecule has 4 nitrogen and oxygen atoms in total. The van der Waals surface area contributed by atoms with Crippen LogP contribution in [0.15, 0.2) is 59.0 Å². The molecular weight excluding hydrogens is 349 g/mol. The molecule has 134 valence electrons. The summed E-state index contributed by atoms with van der Waals surface area (Å²) < 4.78 is 19.2. The second-order valence-corrected chi connectivity index (χ2v) is 6.52. The Morgan fingerprint density at radius 2 is 2.08 bits per heavy atom. The van der Waals surface area contributed by atoms with Crippen molar-refractivity contribution < 1.29 is 9.13 Å². The van der Waals surface area contributed by atoms with Gasteiger partial charge in [0.15, 0.2) is 0 Å². The maximum Gasteiger partial charge on any atom is 0.203 e. The minimum absolute atomic E-state index is 0.324. The molecule has 0 amide bonds. The van der Waals surface area contributed by atoms with Crippen molar-refractivity contribution >= 4 is 22.7 Å². The van der Waals surface area contributed by atoms with Crippen LogP contribution in [0.4, 0.5) is 9.52 Å². The highest BCUT2D eigenvalue weighted by atomic mass is 32.1. The highest BCUT2D eigenvalue weighted by Crippen LogP contribution is 2.24. The van der Waals surface area contributed by atoms with E-state index in [0.29, 0.717) is 23.1 Å². The number of hydrazone groups is 1. The molecule has 0 aliphatic rings. The van der Waals surface area contributed by atoms with Crippen LogP contribution in [0.2, 0.25) is 0 Å². The summed E-state index contributed by atoms with van der Waals surface area (Å²) in [5.41, 5.74) is 5.43. The Bertz CT molecular complexity index is 865. The Kier molecular flexibility index (Phi) is 6.33. The number of anilines is 1. The van der Waals surface area contributed by atoms with Crippen LogP contribution in [-0.4, -0.2) is 17.8 Å². The number of aromatic nitrogens is 1. The summed E-state index contributed by atoms with van der Waals surface area (Å²) in [6.07, 6.45) is 3.54. The van der Waals surface area contributed by atoms with Crippen molar-refractivity contribution in [2.24, 2.45) is 5.10 Å². The van der Waals surface area contributed by atoms with Gasteiger partial charge in [0.1, 0.15) is 11.6 Å². The van der Waals surface area contributed by atoms with Gasteiger partial charge in [-0.1, -0.05) is 43.7 Å². The lowest BCUT2D eigenvalue weighted by Crippen LogP contribution is -2.00. The SMILES string of the molecule is CCCCOc1ccc(F)cc1C=NNc1nc(-c2ccccc2)cs1. The summed E-state index contributed by atoms with van der Waals surface area (Å²) in [5.74, 6) is 0.296. The zero-order valence-electron chi connectivity index (χ0n) is 14.5. The highest BCUT2D eigenvalue weighted by Gasteiger charge is 2.05. The first-order valence-electron chi connectivity index (χ1n) is 8.48. The predicted molar refractivity (Wildman–Crippen MR) is 106 cm³/mol. The molecule has 0 fully saturated rings. The number of ether oxygens (including phenoxy) is 1. The molecule has 1 heterocycles. The van der Waals surface area contributed by atoms with Crippen molar-refractivity contribution in [2.45, 2.75) is 19.8 Å². The number of nitrogens with one attached hydrogen (secondary N) is 1. The van der Waals surface area contributed by atoms with Crippen molar-refractivity contribution in [2.75, 3.05) is 12.0 Å². The van der Waals surface area contributed by atoms with Crippen LogP contribution in [0.5, 0.6) is 5.75 Å². The zero-order chi connectivity index (χ0) is 18.2. The molecule has 0 unspecified atom stereocenters. The van der Waals surface area contributed by atoms with E-state index in [1.165, 1.54) is 23.5 Å². The Morgan fingerprint density at radius 1 is 1.23 bits per heavy atom. The van der Waals surface area contributed by atoms with Crippen LogP contribution in [0.25, 0.3) is 11.3 Å². The molecule has 0 aliphatic carbocycles. The van der Waals surface area contributed by atoms with Gasteiger partial charge in [-0.15, -0.1) is 11.3 Å². The summed E-state index contributed by atoms with van der Waals surface area (Å²) >= 11 is 1.46. The van der Waals surface area contributed by atoms with Crippen molar-refractivity contribution in [3.63, 3.8) is 0 Å². The van der Waals surface area contributed by atoms with Gasteiger partial charge in [0.05, 0.1) is 18.5 Å². The minimum atomic E-state index is -0.324. The summed E-state index contributed by atoms with van der Waals surface area (Å²) in [4.78, 5) is 4.50. The van der Waals surface area contributed by atoms with Gasteiger partial charge in [0, 0.05) is 16.5 Å². The summed E-state index contributed by atoms with van der Waals surface area (Å²) in [5, 5.41) is 6.81. The van der Waals surface area contributed by atoms with Gasteiger partial charge in [0.2, 0.25) is 5.13 Å². The van der Waals surface area contributed by atoms with Gasteiger partial charge in [-0.2, -0.15) is 5.10 Å². The van der Waals surface area contributed by atoms with Crippen LogP contribution < -0.4 is 10.2 Å². The second-order valence-electron chi connectivity index (χ2n) is 5.66. The quantitative estimate of drug-likeness (QED) is 0.320. The normalized spacial score (nSPS) is 11.0. The van der Waals surface area contributed by atoms with Crippen molar-refractivity contribution in [1.82, 2.24) is 4.98 Å². The third-order valence-electron chi connectivity index (χ3n) is 3.66. The van der Waals surface area contributed by atoms with Crippen LogP contribution in [0.1, 0.15) is 25.3 Å². The zero-order valence-corrected chi connectivity index (χ0v) is 15.3. The van der Waals surface area contributed by atoms with Crippen LogP contribution in [0, 0.1) is 5.82 Å². The first-order chi connectivity index (χ1) is 12.8. The van der Waals surface area contributed by atoms with E-state index in [-0.39, 0.29) is 5.82 Å². The van der Waals surface area contributed by atoms with Crippen molar-refractivity contribution in [3.8, 4) is 17.0 Å². The fourth-order valence-corrected chi connectivity index (χ4v) is 2.97. The number of halogens is 1. The van der Waals surface area contributed by atoms with Crippen molar-refractivity contribution in [1.29, 1.82) is 0 Å². The van der Waals surface area contributed by atoms with E-state index in [1.807, 2.05) is 35.7 Å². The summed E-state index contributed by atoms with van der Waals surface area (Å²) in [6.45, 7) is 2.70. The van der Waals surface area contributed by atoms with Crippen LogP contribution in [0.3, 0.4) is 0 Å². The molecule has 26 heavy (non-hydrogen) atoms. The molecule has 2 aromatic carbocycles. The van der Waals surface area contributed by atoms with E-state index in [2.05, 4.69) is 22.4 Å². The lowest BCUT2D eigenvalue weighted by molar-refractivity contribution is 0.308. The predicted octanol–water partition coefficient (Wildman–Crippen LogP) is 5.57. The first kappa shape index (κ1) is 18.1. The minimum Gasteiger partial charge on any atom is -0.493 e. The van der Waals surface area contributed by atoms with Crippen LogP contribution in [-0.2, 0) is 0 Å². The third-order valence-corrected chi connectivity index (χ3v) is 4.41. The largest absolute Gasteiger partial charge is 0.493 e. The fraction of sp³-hybridized carbons (Fsp3) is 0.200. The van der Waals surface area contributed by atoms with Gasteiger partial charge in [-0.25, -0.2) is 9.37 Å². The smallest absolute Gasteiger partial charge is 0.203 e. The lowest BCUT2D eigenvalue weighted by Gasteiger charge is -2.08. The topological polar surface area (TPSA) is 46.5 Å². The summed E-state index contributed by atoms with van der Waals surface area (Å²) in [7, 11) is 0. The van der Waals surface area contributed by atoms with E-state index < -0.39 is 0 Å². The number of benzene rings is 2. The van der Waals surface area contributed by atoms with E-state index in [1.54, 1.807) is 12.3 Å². The van der Waals surface area contributed by atoms with E-state index >= 15 is 0 Å².